The molecule has 0 fully saturated rings. The molecule has 0 amide bonds. The lowest BCUT2D eigenvalue weighted by atomic mass is 9.93. The molecule has 6 heteroatoms. The normalized spacial score (nSPS) is 10.4. The Morgan fingerprint density at radius 2 is 1.86 bits per heavy atom. The molecular weight excluding hydrogens is 296 g/mol. The largest absolute Gasteiger partial charge is 0.493 e. The summed E-state index contributed by atoms with van der Waals surface area (Å²) in [6.07, 6.45) is 0. The molecular formula is C15H19ClO5. The minimum atomic E-state index is -0.937. The summed E-state index contributed by atoms with van der Waals surface area (Å²) in [5.41, 5.74) is 0.627. The number of hydrogen-bond acceptors (Lipinski definition) is 5. The molecule has 0 saturated heterocycles. The maximum Gasteiger partial charge on any atom is 0.379 e. The minimum Gasteiger partial charge on any atom is -0.493 e. The number of hydrogen-bond donors (Lipinski definition) is 0. The standard InChI is InChI=1S/C15H19ClO5/c1-6-21-15(18)13(17)12-9(16)7-10(19-4)14(20-5)11(12)8(2)3/h7-8H,6H2,1-5H3. The molecule has 116 valence electrons. The molecule has 21 heavy (non-hydrogen) atoms. The van der Waals surface area contributed by atoms with E-state index >= 15 is 0 Å². The van der Waals surface area contributed by atoms with Crippen LogP contribution in [0.3, 0.4) is 0 Å². The van der Waals surface area contributed by atoms with Gasteiger partial charge in [0.05, 0.1) is 31.4 Å². The van der Waals surface area contributed by atoms with Crippen molar-refractivity contribution < 1.29 is 23.8 Å². The first-order chi connectivity index (χ1) is 9.88. The highest BCUT2D eigenvalue weighted by Gasteiger charge is 2.29. The zero-order valence-electron chi connectivity index (χ0n) is 12.8. The molecule has 0 bridgehead atoms. The van der Waals surface area contributed by atoms with E-state index < -0.39 is 11.8 Å². The minimum absolute atomic E-state index is 0.0964. The first kappa shape index (κ1) is 17.3. The van der Waals surface area contributed by atoms with E-state index in [0.717, 1.165) is 0 Å². The Labute approximate surface area is 129 Å². The quantitative estimate of drug-likeness (QED) is 0.458. The third-order valence-corrected chi connectivity index (χ3v) is 3.22. The number of benzene rings is 1. The predicted molar refractivity (Wildman–Crippen MR) is 79.6 cm³/mol. The van der Waals surface area contributed by atoms with E-state index in [0.29, 0.717) is 17.1 Å². The van der Waals surface area contributed by atoms with Crippen molar-refractivity contribution in [3.8, 4) is 11.5 Å². The number of Topliss-reactive ketones (excluding diaryl/α,β-unsaturated/α-hetero) is 1. The zero-order chi connectivity index (χ0) is 16.2. The van der Waals surface area contributed by atoms with Gasteiger partial charge in [0.1, 0.15) is 0 Å². The van der Waals surface area contributed by atoms with Gasteiger partial charge in [-0.15, -0.1) is 0 Å². The maximum atomic E-state index is 12.3. The molecule has 0 N–H and O–H groups in total. The molecule has 5 nitrogen and oxygen atoms in total. The van der Waals surface area contributed by atoms with E-state index in [9.17, 15) is 9.59 Å². The number of esters is 1. The molecule has 0 aromatic heterocycles. The van der Waals surface area contributed by atoms with Crippen LogP contribution in [-0.4, -0.2) is 32.6 Å². The van der Waals surface area contributed by atoms with Crippen molar-refractivity contribution in [3.05, 3.63) is 22.2 Å². The van der Waals surface area contributed by atoms with E-state index in [1.165, 1.54) is 20.3 Å². The van der Waals surface area contributed by atoms with Gasteiger partial charge in [0.15, 0.2) is 11.5 Å². The van der Waals surface area contributed by atoms with Crippen molar-refractivity contribution in [1.29, 1.82) is 0 Å². The van der Waals surface area contributed by atoms with Crippen molar-refractivity contribution >= 4 is 23.4 Å². The second-order valence-electron chi connectivity index (χ2n) is 4.59. The number of rotatable bonds is 6. The number of ether oxygens (including phenoxy) is 3. The Bertz CT molecular complexity index is 551. The third kappa shape index (κ3) is 3.47. The maximum absolute atomic E-state index is 12.3. The summed E-state index contributed by atoms with van der Waals surface area (Å²) in [6.45, 7) is 5.49. The SMILES string of the molecule is CCOC(=O)C(=O)c1c(Cl)cc(OC)c(OC)c1C(C)C. The molecule has 0 saturated carbocycles. The van der Waals surface area contributed by atoms with Gasteiger partial charge in [0.2, 0.25) is 0 Å². The van der Waals surface area contributed by atoms with Crippen LogP contribution in [0.25, 0.3) is 0 Å². The lowest BCUT2D eigenvalue weighted by Gasteiger charge is -2.19. The molecule has 0 aliphatic heterocycles. The fourth-order valence-corrected chi connectivity index (χ4v) is 2.36. The lowest BCUT2D eigenvalue weighted by Crippen LogP contribution is -2.20. The molecule has 0 atom stereocenters. The number of carbonyl (C=O) groups is 2. The van der Waals surface area contributed by atoms with Gasteiger partial charge in [-0.2, -0.15) is 0 Å². The van der Waals surface area contributed by atoms with E-state index in [2.05, 4.69) is 0 Å². The average molecular weight is 315 g/mol. The highest BCUT2D eigenvalue weighted by atomic mass is 35.5. The van der Waals surface area contributed by atoms with E-state index in [4.69, 9.17) is 25.8 Å². The third-order valence-electron chi connectivity index (χ3n) is 2.92. The highest BCUT2D eigenvalue weighted by Crippen LogP contribution is 2.42. The molecule has 0 unspecified atom stereocenters. The van der Waals surface area contributed by atoms with Gasteiger partial charge in [-0.05, 0) is 12.8 Å². The summed E-state index contributed by atoms with van der Waals surface area (Å²) >= 11 is 6.16. The molecule has 0 aliphatic carbocycles. The molecule has 0 aliphatic rings. The van der Waals surface area contributed by atoms with Crippen molar-refractivity contribution in [3.63, 3.8) is 0 Å². The van der Waals surface area contributed by atoms with Crippen LogP contribution in [0, 0.1) is 0 Å². The Kier molecular flexibility index (Phi) is 6.03. The van der Waals surface area contributed by atoms with Crippen LogP contribution in [-0.2, 0) is 9.53 Å². The van der Waals surface area contributed by atoms with Crippen molar-refractivity contribution in [1.82, 2.24) is 0 Å². The Balaban J connectivity index is 3.57. The van der Waals surface area contributed by atoms with Crippen molar-refractivity contribution in [2.24, 2.45) is 0 Å². The zero-order valence-corrected chi connectivity index (χ0v) is 13.5. The Hall–Kier alpha value is -1.75. The average Bonchev–Trinajstić information content (AvgIpc) is 2.45. The molecule has 0 heterocycles. The number of halogens is 1. The summed E-state index contributed by atoms with van der Waals surface area (Å²) in [5.74, 6) is -1.02. The second kappa shape index (κ2) is 7.31. The van der Waals surface area contributed by atoms with Gasteiger partial charge >= 0.3 is 5.97 Å². The monoisotopic (exact) mass is 314 g/mol. The van der Waals surface area contributed by atoms with Gasteiger partial charge in [-0.1, -0.05) is 25.4 Å². The summed E-state index contributed by atoms with van der Waals surface area (Å²) in [6, 6.07) is 1.46. The number of methoxy groups -OCH3 is 2. The van der Waals surface area contributed by atoms with Gasteiger partial charge in [0.25, 0.3) is 5.78 Å². The fraction of sp³-hybridized carbons (Fsp3) is 0.467. The first-order valence-electron chi connectivity index (χ1n) is 6.54. The van der Waals surface area contributed by atoms with Gasteiger partial charge < -0.3 is 14.2 Å². The summed E-state index contributed by atoms with van der Waals surface area (Å²) in [4.78, 5) is 24.0. The molecule has 1 rings (SSSR count). The lowest BCUT2D eigenvalue weighted by molar-refractivity contribution is -0.137. The molecule has 0 spiro atoms. The van der Waals surface area contributed by atoms with Gasteiger partial charge in [-0.25, -0.2) is 4.79 Å². The number of ketones is 1. The van der Waals surface area contributed by atoms with Crippen molar-refractivity contribution in [2.75, 3.05) is 20.8 Å². The topological polar surface area (TPSA) is 61.8 Å². The summed E-state index contributed by atoms with van der Waals surface area (Å²) < 4.78 is 15.3. The predicted octanol–water partition coefficient (Wildman–Crippen LogP) is 3.23. The second-order valence-corrected chi connectivity index (χ2v) is 4.99. The smallest absolute Gasteiger partial charge is 0.379 e. The van der Waals surface area contributed by atoms with Crippen LogP contribution in [0.15, 0.2) is 6.07 Å². The van der Waals surface area contributed by atoms with Gasteiger partial charge in [0, 0.05) is 11.6 Å². The Morgan fingerprint density at radius 3 is 2.29 bits per heavy atom. The van der Waals surface area contributed by atoms with Crippen LogP contribution < -0.4 is 9.47 Å². The van der Waals surface area contributed by atoms with Crippen LogP contribution in [0.4, 0.5) is 0 Å². The fourth-order valence-electron chi connectivity index (χ4n) is 2.07. The molecule has 0 radical (unpaired) electrons. The summed E-state index contributed by atoms with van der Waals surface area (Å²) in [5, 5.41) is 0.134. The van der Waals surface area contributed by atoms with E-state index in [1.54, 1.807) is 6.92 Å². The van der Waals surface area contributed by atoms with E-state index in [1.807, 2.05) is 13.8 Å². The Morgan fingerprint density at radius 1 is 1.24 bits per heavy atom. The van der Waals surface area contributed by atoms with Crippen LogP contribution in [0.2, 0.25) is 5.02 Å². The van der Waals surface area contributed by atoms with Crippen LogP contribution in [0.5, 0.6) is 11.5 Å². The van der Waals surface area contributed by atoms with Crippen molar-refractivity contribution in [2.45, 2.75) is 26.7 Å². The first-order valence-corrected chi connectivity index (χ1v) is 6.92. The number of carbonyl (C=O) groups excluding carboxylic acids is 2. The van der Waals surface area contributed by atoms with Crippen LogP contribution >= 0.6 is 11.6 Å². The van der Waals surface area contributed by atoms with Gasteiger partial charge in [-0.3, -0.25) is 4.79 Å². The molecule has 1 aromatic carbocycles. The van der Waals surface area contributed by atoms with E-state index in [-0.39, 0.29) is 23.1 Å². The van der Waals surface area contributed by atoms with Crippen LogP contribution in [0.1, 0.15) is 42.6 Å². The molecule has 1 aromatic rings. The summed E-state index contributed by atoms with van der Waals surface area (Å²) in [7, 11) is 2.95. The highest BCUT2D eigenvalue weighted by molar-refractivity contribution is 6.46.